The predicted octanol–water partition coefficient (Wildman–Crippen LogP) is 3.12. The molecule has 0 aromatic carbocycles. The van der Waals surface area contributed by atoms with Crippen LogP contribution in [0.2, 0.25) is 0 Å². The lowest BCUT2D eigenvalue weighted by atomic mass is 9.97. The van der Waals surface area contributed by atoms with E-state index in [1.165, 1.54) is 0 Å². The summed E-state index contributed by atoms with van der Waals surface area (Å²) < 4.78 is 10.7. The lowest BCUT2D eigenvalue weighted by molar-refractivity contribution is -0.124. The minimum absolute atomic E-state index is 0.00138. The van der Waals surface area contributed by atoms with Gasteiger partial charge < -0.3 is 14.3 Å². The third kappa shape index (κ3) is 3.16. The monoisotopic (exact) mass is 317 g/mol. The smallest absolute Gasteiger partial charge is 0.232 e. The van der Waals surface area contributed by atoms with E-state index in [0.29, 0.717) is 11.7 Å². The highest BCUT2D eigenvalue weighted by atomic mass is 16.5. The number of furan rings is 1. The van der Waals surface area contributed by atoms with Gasteiger partial charge in [0.1, 0.15) is 5.76 Å². The molecule has 6 heteroatoms. The molecule has 124 valence electrons. The molecule has 2 aromatic heterocycles. The molecule has 1 amide bonds. The Morgan fingerprint density at radius 3 is 2.61 bits per heavy atom. The highest BCUT2D eigenvalue weighted by Gasteiger charge is 2.47. The van der Waals surface area contributed by atoms with Crippen LogP contribution in [-0.4, -0.2) is 16.0 Å². The number of nitrogens with zero attached hydrogens (tertiary/aromatic N) is 2. The molecule has 0 radical (unpaired) electrons. The van der Waals surface area contributed by atoms with Gasteiger partial charge >= 0.3 is 0 Å². The van der Waals surface area contributed by atoms with Crippen LogP contribution in [0.5, 0.6) is 0 Å². The first-order valence-electron chi connectivity index (χ1n) is 7.88. The molecule has 1 saturated carbocycles. The molecule has 0 spiro atoms. The minimum atomic E-state index is -0.680. The molecule has 0 aliphatic heterocycles. The Hall–Kier alpha value is -2.11. The lowest BCUT2D eigenvalue weighted by Crippen LogP contribution is -2.43. The third-order valence-corrected chi connectivity index (χ3v) is 4.10. The Balaban J connectivity index is 1.67. The van der Waals surface area contributed by atoms with E-state index in [0.717, 1.165) is 12.2 Å². The molecule has 6 nitrogen and oxygen atoms in total. The lowest BCUT2D eigenvalue weighted by Gasteiger charge is -2.22. The van der Waals surface area contributed by atoms with Crippen LogP contribution in [0.15, 0.2) is 27.3 Å². The fourth-order valence-corrected chi connectivity index (χ4v) is 2.54. The van der Waals surface area contributed by atoms with Gasteiger partial charge in [0, 0.05) is 17.3 Å². The number of hydrogen-bond donors (Lipinski definition) is 1. The molecule has 2 heterocycles. The van der Waals surface area contributed by atoms with E-state index < -0.39 is 5.54 Å². The number of aromatic nitrogens is 2. The standard InChI is InChI=1S/C17H23N3O3/c1-16(2,3)15-18-14(20-23-15)17(4,5)19-13(21)11-9-10(11)12-7-6-8-22-12/h6-8,10-11H,9H2,1-5H3,(H,19,21)/t10-,11+/m1/s1. The molecule has 1 fully saturated rings. The van der Waals surface area contributed by atoms with Crippen LogP contribution in [0.25, 0.3) is 0 Å². The van der Waals surface area contributed by atoms with Gasteiger partial charge in [-0.15, -0.1) is 0 Å². The molecule has 2 atom stereocenters. The van der Waals surface area contributed by atoms with Gasteiger partial charge in [0.15, 0.2) is 5.82 Å². The zero-order valence-electron chi connectivity index (χ0n) is 14.2. The average molecular weight is 317 g/mol. The zero-order chi connectivity index (χ0) is 16.8. The van der Waals surface area contributed by atoms with Crippen LogP contribution >= 0.6 is 0 Å². The highest BCUT2D eigenvalue weighted by molar-refractivity contribution is 5.83. The van der Waals surface area contributed by atoms with Gasteiger partial charge in [0.25, 0.3) is 0 Å². The summed E-state index contributed by atoms with van der Waals surface area (Å²) in [6.45, 7) is 9.79. The van der Waals surface area contributed by atoms with E-state index in [4.69, 9.17) is 8.94 Å². The fraction of sp³-hybridized carbons (Fsp3) is 0.588. The minimum Gasteiger partial charge on any atom is -0.469 e. The summed E-state index contributed by atoms with van der Waals surface area (Å²) in [6.07, 6.45) is 2.45. The van der Waals surface area contributed by atoms with Crippen molar-refractivity contribution >= 4 is 5.91 Å². The van der Waals surface area contributed by atoms with Crippen LogP contribution in [0, 0.1) is 5.92 Å². The van der Waals surface area contributed by atoms with Crippen LogP contribution in [0.1, 0.15) is 64.4 Å². The van der Waals surface area contributed by atoms with Gasteiger partial charge in [-0.25, -0.2) is 0 Å². The Morgan fingerprint density at radius 1 is 1.30 bits per heavy atom. The summed E-state index contributed by atoms with van der Waals surface area (Å²) in [4.78, 5) is 16.9. The molecular weight excluding hydrogens is 294 g/mol. The van der Waals surface area contributed by atoms with Crippen LogP contribution < -0.4 is 5.32 Å². The average Bonchev–Trinajstić information content (AvgIpc) is 2.91. The Kier molecular flexibility index (Phi) is 3.58. The summed E-state index contributed by atoms with van der Waals surface area (Å²) in [6, 6.07) is 3.76. The van der Waals surface area contributed by atoms with Crippen molar-refractivity contribution in [3.05, 3.63) is 35.9 Å². The number of nitrogens with one attached hydrogen (secondary N) is 1. The van der Waals surface area contributed by atoms with Crippen molar-refractivity contribution in [2.75, 3.05) is 0 Å². The summed E-state index contributed by atoms with van der Waals surface area (Å²) in [5, 5.41) is 7.06. The molecule has 0 unspecified atom stereocenters. The number of hydrogen-bond acceptors (Lipinski definition) is 5. The maximum atomic E-state index is 12.5. The molecule has 3 rings (SSSR count). The maximum absolute atomic E-state index is 12.5. The topological polar surface area (TPSA) is 81.2 Å². The number of amides is 1. The van der Waals surface area contributed by atoms with Gasteiger partial charge in [0.05, 0.1) is 11.8 Å². The van der Waals surface area contributed by atoms with Crippen LogP contribution in [0.3, 0.4) is 0 Å². The van der Waals surface area contributed by atoms with Crippen LogP contribution in [-0.2, 0) is 15.7 Å². The summed E-state index contributed by atoms with van der Waals surface area (Å²) in [7, 11) is 0. The maximum Gasteiger partial charge on any atom is 0.232 e. The van der Waals surface area contributed by atoms with Gasteiger partial charge in [-0.05, 0) is 32.4 Å². The Labute approximate surface area is 135 Å². The predicted molar refractivity (Wildman–Crippen MR) is 83.7 cm³/mol. The van der Waals surface area contributed by atoms with E-state index in [-0.39, 0.29) is 23.2 Å². The van der Waals surface area contributed by atoms with Crippen molar-refractivity contribution in [3.63, 3.8) is 0 Å². The van der Waals surface area contributed by atoms with Gasteiger partial charge in [-0.3, -0.25) is 4.79 Å². The molecule has 1 aliphatic rings. The second-order valence-electron chi connectivity index (χ2n) is 7.75. The molecule has 1 aliphatic carbocycles. The molecule has 23 heavy (non-hydrogen) atoms. The number of carbonyl (C=O) groups excluding carboxylic acids is 1. The number of carbonyl (C=O) groups is 1. The Morgan fingerprint density at radius 2 is 2.04 bits per heavy atom. The van der Waals surface area contributed by atoms with E-state index in [9.17, 15) is 4.79 Å². The summed E-state index contributed by atoms with van der Waals surface area (Å²) in [5.41, 5.74) is -0.896. The molecule has 0 bridgehead atoms. The zero-order valence-corrected chi connectivity index (χ0v) is 14.2. The second kappa shape index (κ2) is 5.22. The first-order valence-corrected chi connectivity index (χ1v) is 7.88. The number of rotatable bonds is 4. The second-order valence-corrected chi connectivity index (χ2v) is 7.75. The quantitative estimate of drug-likeness (QED) is 0.937. The highest BCUT2D eigenvalue weighted by Crippen LogP contribution is 2.48. The first kappa shape index (κ1) is 15.8. The van der Waals surface area contributed by atoms with Crippen LogP contribution in [0.4, 0.5) is 0 Å². The SMILES string of the molecule is CC(C)(C)c1nc(C(C)(C)NC(=O)[C@H]2C[C@H]2c2ccco2)no1. The summed E-state index contributed by atoms with van der Waals surface area (Å²) in [5.74, 6) is 2.06. The van der Waals surface area contributed by atoms with E-state index in [1.807, 2.05) is 46.8 Å². The van der Waals surface area contributed by atoms with E-state index in [2.05, 4.69) is 15.5 Å². The van der Waals surface area contributed by atoms with E-state index in [1.54, 1.807) is 6.26 Å². The van der Waals surface area contributed by atoms with Gasteiger partial charge in [0.2, 0.25) is 11.8 Å². The molecule has 2 aromatic rings. The van der Waals surface area contributed by atoms with Crippen molar-refractivity contribution < 1.29 is 13.7 Å². The fourth-order valence-electron chi connectivity index (χ4n) is 2.54. The largest absolute Gasteiger partial charge is 0.469 e. The van der Waals surface area contributed by atoms with Crippen molar-refractivity contribution in [2.24, 2.45) is 5.92 Å². The summed E-state index contributed by atoms with van der Waals surface area (Å²) >= 11 is 0. The van der Waals surface area contributed by atoms with Gasteiger partial charge in [-0.2, -0.15) is 4.98 Å². The van der Waals surface area contributed by atoms with E-state index >= 15 is 0 Å². The molecule has 0 saturated heterocycles. The van der Waals surface area contributed by atoms with Crippen molar-refractivity contribution in [1.82, 2.24) is 15.5 Å². The van der Waals surface area contributed by atoms with Crippen molar-refractivity contribution in [2.45, 2.75) is 57.9 Å². The Bertz CT molecular complexity index is 695. The normalized spacial score (nSPS) is 21.3. The third-order valence-electron chi connectivity index (χ3n) is 4.10. The van der Waals surface area contributed by atoms with Gasteiger partial charge in [-0.1, -0.05) is 25.9 Å². The van der Waals surface area contributed by atoms with Crippen molar-refractivity contribution in [1.29, 1.82) is 0 Å². The first-order chi connectivity index (χ1) is 10.7. The molecular formula is C17H23N3O3. The van der Waals surface area contributed by atoms with Crippen molar-refractivity contribution in [3.8, 4) is 0 Å². The molecule has 1 N–H and O–H groups in total.